The van der Waals surface area contributed by atoms with Crippen molar-refractivity contribution in [1.29, 1.82) is 0 Å². The van der Waals surface area contributed by atoms with Gasteiger partial charge >= 0.3 is 41.8 Å². The molecule has 522 valence electrons. The topological polar surface area (TPSA) is 423 Å². The summed E-state index contributed by atoms with van der Waals surface area (Å²) >= 11 is 0. The SMILES string of the molecule is CC(C)Cc1ccc(C(C)C(=O)NCCC(NC(=O)CN2CCN(CC(=O)O)CCN(CC(=O)O)CCN(CC(=O)O)CC2)C(=O)NCC2CCC(C(=O)NC(Cc3ccc4ccccc4c3)C(=O)NCCCCC(NC(=O)NC(CCC(=O)O)C(=O)O)C(=O)O)CC2)cc1. The van der Waals surface area contributed by atoms with Crippen LogP contribution in [0.1, 0.15) is 108 Å². The van der Waals surface area contributed by atoms with Gasteiger partial charge in [-0.2, -0.15) is 0 Å². The quantitative estimate of drug-likeness (QED) is 0.0368. The minimum atomic E-state index is -1.57. The van der Waals surface area contributed by atoms with E-state index in [9.17, 15) is 83.1 Å². The predicted molar refractivity (Wildman–Crippen MR) is 348 cm³/mol. The molecule has 29 heteroatoms. The molecule has 0 aromatic heterocycles. The van der Waals surface area contributed by atoms with Crippen LogP contribution in [-0.4, -0.2) is 244 Å². The predicted octanol–water partition coefficient (Wildman–Crippen LogP) is 1.62. The Bertz CT molecular complexity index is 3060. The van der Waals surface area contributed by atoms with Crippen LogP contribution in [-0.2, 0) is 65.6 Å². The maximum absolute atomic E-state index is 14.3. The highest BCUT2D eigenvalue weighted by Crippen LogP contribution is 2.29. The lowest BCUT2D eigenvalue weighted by Gasteiger charge is -2.33. The first-order valence-electron chi connectivity index (χ1n) is 32.5. The number of amides is 7. The number of unbranched alkanes of at least 4 members (excludes halogenated alkanes) is 1. The van der Waals surface area contributed by atoms with Crippen molar-refractivity contribution >= 4 is 82.2 Å². The van der Waals surface area contributed by atoms with Crippen molar-refractivity contribution in [2.45, 2.75) is 128 Å². The molecule has 0 bridgehead atoms. The summed E-state index contributed by atoms with van der Waals surface area (Å²) in [6, 6.07) is 14.9. The van der Waals surface area contributed by atoms with E-state index >= 15 is 0 Å². The van der Waals surface area contributed by atoms with Gasteiger partial charge in [-0.25, -0.2) is 14.4 Å². The second-order valence-electron chi connectivity index (χ2n) is 25.1. The fraction of sp³-hybridized carbons (Fsp3) is 0.576. The molecule has 1 aliphatic heterocycles. The van der Waals surface area contributed by atoms with Crippen molar-refractivity contribution in [3.05, 3.63) is 83.4 Å². The van der Waals surface area contributed by atoms with Crippen LogP contribution in [0.2, 0.25) is 0 Å². The Morgan fingerprint density at radius 3 is 1.49 bits per heavy atom. The first-order valence-corrected chi connectivity index (χ1v) is 32.5. The normalized spacial score (nSPS) is 17.8. The van der Waals surface area contributed by atoms with Gasteiger partial charge in [-0.1, -0.05) is 80.6 Å². The standard InChI is InChI=1S/C66H95N11O18/c1-42(2)34-44-11-16-47(17-12-44)43(3)60(87)68-25-23-51(70-55(78)38-74-26-28-75(39-57(81)82)30-32-77(41-59(85)86)33-31-76(29-27-74)40-58(83)84)62(89)69-37-45-13-19-49(20-14-45)61(88)71-54(36-46-15-18-48-8-4-5-9-50(48)35-46)63(90)67-24-7-6-10-52(64(91)92)72-66(95)73-53(65(93)94)21-22-56(79)80/h4-5,8-9,11-12,15-18,35,42-43,45,49,51-54H,6-7,10,13-14,19-34,36-41H2,1-3H3,(H,67,90)(H,68,87)(H,69,89)(H,70,78)(H,71,88)(H,79,80)(H,81,82)(H,83,84)(H,85,86)(H,91,92)(H,93,94)(H2,72,73,95). The van der Waals surface area contributed by atoms with Gasteiger partial charge in [0.25, 0.3) is 0 Å². The zero-order valence-corrected chi connectivity index (χ0v) is 54.4. The average molecular weight is 1330 g/mol. The summed E-state index contributed by atoms with van der Waals surface area (Å²) in [5.74, 6) is -10.3. The lowest BCUT2D eigenvalue weighted by molar-refractivity contribution is -0.141. The van der Waals surface area contributed by atoms with Crippen LogP contribution in [0.25, 0.3) is 10.8 Å². The molecule has 0 radical (unpaired) electrons. The van der Waals surface area contributed by atoms with Gasteiger partial charge in [0.2, 0.25) is 29.5 Å². The van der Waals surface area contributed by atoms with E-state index in [1.54, 1.807) is 26.5 Å². The van der Waals surface area contributed by atoms with Crippen molar-refractivity contribution in [3.8, 4) is 0 Å². The number of urea groups is 1. The summed E-state index contributed by atoms with van der Waals surface area (Å²) in [4.78, 5) is 159. The highest BCUT2D eigenvalue weighted by atomic mass is 16.4. The van der Waals surface area contributed by atoms with Crippen LogP contribution in [0.4, 0.5) is 4.79 Å². The Balaban J connectivity index is 1.22. The summed E-state index contributed by atoms with van der Waals surface area (Å²) < 4.78 is 0. The number of carboxylic acid groups (broad SMARTS) is 6. The Labute approximate surface area is 552 Å². The van der Waals surface area contributed by atoms with E-state index in [-0.39, 0.29) is 148 Å². The van der Waals surface area contributed by atoms with E-state index in [1.807, 2.05) is 66.7 Å². The number of carbonyl (C=O) groups is 12. The van der Waals surface area contributed by atoms with Crippen LogP contribution in [0, 0.1) is 17.8 Å². The van der Waals surface area contributed by atoms with E-state index in [4.69, 9.17) is 5.11 Å². The number of fused-ring (bicyclic) bond motifs is 1. The van der Waals surface area contributed by atoms with Crippen LogP contribution in [0.15, 0.2) is 66.7 Å². The monoisotopic (exact) mass is 1330 g/mol. The number of benzene rings is 3. The smallest absolute Gasteiger partial charge is 0.326 e. The highest BCUT2D eigenvalue weighted by Gasteiger charge is 2.32. The summed E-state index contributed by atoms with van der Waals surface area (Å²) in [5.41, 5.74) is 2.72. The van der Waals surface area contributed by atoms with Crippen molar-refractivity contribution in [1.82, 2.24) is 56.8 Å². The Morgan fingerprint density at radius 2 is 0.968 bits per heavy atom. The third-order valence-corrected chi connectivity index (χ3v) is 17.0. The van der Waals surface area contributed by atoms with Crippen LogP contribution in [0.5, 0.6) is 0 Å². The molecule has 1 saturated heterocycles. The van der Waals surface area contributed by atoms with E-state index in [2.05, 4.69) is 51.1 Å². The maximum atomic E-state index is 14.3. The molecule has 5 atom stereocenters. The summed E-state index contributed by atoms with van der Waals surface area (Å²) in [7, 11) is 0. The molecular formula is C66H95N11O18. The number of nitrogens with zero attached hydrogens (tertiary/aromatic N) is 4. The molecule has 1 aliphatic carbocycles. The van der Waals surface area contributed by atoms with Gasteiger partial charge in [-0.05, 0) is 110 Å². The molecule has 3 aromatic rings. The number of hydrogen-bond acceptors (Lipinski definition) is 16. The van der Waals surface area contributed by atoms with Crippen molar-refractivity contribution in [3.63, 3.8) is 0 Å². The van der Waals surface area contributed by atoms with E-state index < -0.39 is 108 Å². The van der Waals surface area contributed by atoms with Gasteiger partial charge < -0.3 is 67.9 Å². The maximum Gasteiger partial charge on any atom is 0.326 e. The Kier molecular flexibility index (Phi) is 32.2. The number of nitrogens with one attached hydrogen (secondary N) is 7. The molecule has 13 N–H and O–H groups in total. The van der Waals surface area contributed by atoms with Crippen LogP contribution in [0.3, 0.4) is 0 Å². The molecule has 1 saturated carbocycles. The van der Waals surface area contributed by atoms with Gasteiger partial charge in [0, 0.05) is 90.8 Å². The van der Waals surface area contributed by atoms with Crippen LogP contribution >= 0.6 is 0 Å². The number of aliphatic carboxylic acids is 6. The molecule has 95 heavy (non-hydrogen) atoms. The van der Waals surface area contributed by atoms with Gasteiger partial charge in [0.05, 0.1) is 32.1 Å². The van der Waals surface area contributed by atoms with E-state index in [0.29, 0.717) is 31.6 Å². The highest BCUT2D eigenvalue weighted by molar-refractivity contribution is 5.91. The third-order valence-electron chi connectivity index (χ3n) is 17.0. The first kappa shape index (κ1) is 76.9. The number of hydrogen-bond donors (Lipinski definition) is 13. The molecule has 7 amide bonds. The molecule has 1 heterocycles. The molecule has 3 aromatic carbocycles. The minimum Gasteiger partial charge on any atom is -0.481 e. The number of rotatable bonds is 36. The molecule has 5 unspecified atom stereocenters. The Hall–Kier alpha value is -8.80. The van der Waals surface area contributed by atoms with E-state index in [0.717, 1.165) is 33.9 Å². The molecule has 5 rings (SSSR count). The van der Waals surface area contributed by atoms with Crippen molar-refractivity contribution in [2.24, 2.45) is 17.8 Å². The molecule has 0 spiro atoms. The van der Waals surface area contributed by atoms with Gasteiger partial charge in [-0.3, -0.25) is 62.8 Å². The fourth-order valence-corrected chi connectivity index (χ4v) is 11.6. The second-order valence-corrected chi connectivity index (χ2v) is 25.1. The van der Waals surface area contributed by atoms with Crippen molar-refractivity contribution < 1.29 is 88.2 Å². The first-order chi connectivity index (χ1) is 45.2. The molecule has 29 nitrogen and oxygen atoms in total. The van der Waals surface area contributed by atoms with Gasteiger partial charge in [0.1, 0.15) is 24.2 Å². The lowest BCUT2D eigenvalue weighted by Crippen LogP contribution is -2.53. The zero-order chi connectivity index (χ0) is 69.6. The molecule has 2 fully saturated rings. The summed E-state index contributed by atoms with van der Waals surface area (Å²) in [6.07, 6.45) is 2.27. The second kappa shape index (κ2) is 39.8. The largest absolute Gasteiger partial charge is 0.481 e. The number of carboxylic acids is 6. The lowest BCUT2D eigenvalue weighted by atomic mass is 9.81. The minimum absolute atomic E-state index is 0.00356. The zero-order valence-electron chi connectivity index (χ0n) is 54.4. The van der Waals surface area contributed by atoms with Crippen molar-refractivity contribution in [2.75, 3.05) is 98.2 Å². The summed E-state index contributed by atoms with van der Waals surface area (Å²) in [6.45, 7) is 6.35. The third kappa shape index (κ3) is 28.8. The number of carbonyl (C=O) groups excluding carboxylic acids is 6. The van der Waals surface area contributed by atoms with Gasteiger partial charge in [0.15, 0.2) is 0 Å². The molecule has 2 aliphatic rings. The average Bonchev–Trinajstić information content (AvgIpc) is 0.978. The fourth-order valence-electron chi connectivity index (χ4n) is 11.6. The molecular weight excluding hydrogens is 1230 g/mol. The summed E-state index contributed by atoms with van der Waals surface area (Å²) in [5, 5.41) is 77.9. The van der Waals surface area contributed by atoms with Gasteiger partial charge in [-0.15, -0.1) is 0 Å². The van der Waals surface area contributed by atoms with Crippen LogP contribution < -0.4 is 37.2 Å². The van der Waals surface area contributed by atoms with E-state index in [1.165, 1.54) is 0 Å². The Morgan fingerprint density at radius 1 is 0.463 bits per heavy atom.